The first-order chi connectivity index (χ1) is 11.7. The topological polar surface area (TPSA) is 85.2 Å². The van der Waals surface area contributed by atoms with Crippen LogP contribution in [0.4, 0.5) is 0 Å². The summed E-state index contributed by atoms with van der Waals surface area (Å²) in [6.07, 6.45) is 4.83. The monoisotopic (exact) mass is 326 g/mol. The normalized spacial score (nSPS) is 22.9. The summed E-state index contributed by atoms with van der Waals surface area (Å²) in [5.74, 6) is 1.40. The van der Waals surface area contributed by atoms with Crippen LogP contribution in [0.2, 0.25) is 0 Å². The van der Waals surface area contributed by atoms with E-state index in [-0.39, 0.29) is 11.8 Å². The highest BCUT2D eigenvalue weighted by atomic mass is 16.5. The molecular weight excluding hydrogens is 304 g/mol. The number of likely N-dealkylation sites (tertiary alicyclic amines) is 1. The van der Waals surface area contributed by atoms with Gasteiger partial charge < -0.3 is 15.2 Å². The van der Waals surface area contributed by atoms with Crippen LogP contribution in [0.5, 0.6) is 0 Å². The minimum absolute atomic E-state index is 0.0642. The Kier molecular flexibility index (Phi) is 3.84. The lowest BCUT2D eigenvalue weighted by Crippen LogP contribution is -2.44. The molecule has 2 aliphatic rings. The van der Waals surface area contributed by atoms with Crippen LogP contribution in [0, 0.1) is 0 Å². The van der Waals surface area contributed by atoms with Gasteiger partial charge >= 0.3 is 0 Å². The van der Waals surface area contributed by atoms with Crippen molar-refractivity contribution in [1.82, 2.24) is 15.0 Å². The molecule has 1 aromatic carbocycles. The molecule has 1 aromatic heterocycles. The van der Waals surface area contributed by atoms with E-state index >= 15 is 0 Å². The lowest BCUT2D eigenvalue weighted by Gasteiger charge is -2.34. The quantitative estimate of drug-likeness (QED) is 0.936. The van der Waals surface area contributed by atoms with Gasteiger partial charge in [-0.15, -0.1) is 0 Å². The minimum atomic E-state index is -0.407. The second kappa shape index (κ2) is 6.02. The summed E-state index contributed by atoms with van der Waals surface area (Å²) >= 11 is 0. The van der Waals surface area contributed by atoms with Gasteiger partial charge in [-0.2, -0.15) is 4.98 Å². The molecule has 6 nitrogen and oxygen atoms in total. The first kappa shape index (κ1) is 15.3. The minimum Gasteiger partial charge on any atom is -0.339 e. The van der Waals surface area contributed by atoms with Gasteiger partial charge in [-0.05, 0) is 44.2 Å². The number of nitrogens with zero attached hydrogens (tertiary/aromatic N) is 3. The van der Waals surface area contributed by atoms with E-state index < -0.39 is 5.54 Å². The zero-order valence-electron chi connectivity index (χ0n) is 13.6. The van der Waals surface area contributed by atoms with Gasteiger partial charge in [0, 0.05) is 18.7 Å². The van der Waals surface area contributed by atoms with Crippen molar-refractivity contribution in [2.24, 2.45) is 5.73 Å². The third-order valence-corrected chi connectivity index (χ3v) is 5.21. The molecule has 1 aliphatic heterocycles. The molecule has 2 fully saturated rings. The van der Waals surface area contributed by atoms with Crippen LogP contribution in [0.15, 0.2) is 34.9 Å². The molecule has 2 N–H and O–H groups in total. The average molecular weight is 326 g/mol. The van der Waals surface area contributed by atoms with Gasteiger partial charge in [-0.25, -0.2) is 0 Å². The van der Waals surface area contributed by atoms with Crippen molar-refractivity contribution in [3.8, 4) is 0 Å². The van der Waals surface area contributed by atoms with Crippen LogP contribution in [0.1, 0.15) is 60.1 Å². The second-order valence-electron chi connectivity index (χ2n) is 6.92. The Bertz CT molecular complexity index is 724. The maximum absolute atomic E-state index is 12.6. The molecule has 1 saturated carbocycles. The number of nitrogens with two attached hydrogens (primary N) is 1. The Labute approximate surface area is 141 Å². The Morgan fingerprint density at radius 2 is 2.04 bits per heavy atom. The number of benzene rings is 1. The van der Waals surface area contributed by atoms with E-state index in [0.29, 0.717) is 18.3 Å². The molecule has 0 bridgehead atoms. The van der Waals surface area contributed by atoms with Gasteiger partial charge in [0.1, 0.15) is 0 Å². The third kappa shape index (κ3) is 2.71. The van der Waals surface area contributed by atoms with E-state index in [1.807, 2.05) is 35.2 Å². The Balaban J connectivity index is 1.48. The smallest absolute Gasteiger partial charge is 0.253 e. The number of carbonyl (C=O) groups excluding carboxylic acids is 1. The summed E-state index contributed by atoms with van der Waals surface area (Å²) in [6, 6.07) is 9.40. The molecule has 2 aromatic rings. The summed E-state index contributed by atoms with van der Waals surface area (Å²) in [7, 11) is 0. The lowest BCUT2D eigenvalue weighted by molar-refractivity contribution is 0.0695. The number of rotatable bonds is 3. The zero-order valence-corrected chi connectivity index (χ0v) is 13.6. The van der Waals surface area contributed by atoms with Crippen LogP contribution >= 0.6 is 0 Å². The standard InChI is InChI=1S/C18H22N4O2/c19-18(9-5-10-18)17-20-15(24-21-17)14-8-4-11-22(12-14)16(23)13-6-2-1-3-7-13/h1-3,6-7,14H,4-5,8-12,19H2. The highest BCUT2D eigenvalue weighted by molar-refractivity contribution is 5.94. The molecule has 4 rings (SSSR count). The Hall–Kier alpha value is -2.21. The molecule has 1 amide bonds. The number of hydrogen-bond donors (Lipinski definition) is 1. The highest BCUT2D eigenvalue weighted by Gasteiger charge is 2.40. The summed E-state index contributed by atoms with van der Waals surface area (Å²) in [4.78, 5) is 19.1. The Morgan fingerprint density at radius 3 is 2.75 bits per heavy atom. The molecule has 1 saturated heterocycles. The molecule has 2 heterocycles. The predicted molar refractivity (Wildman–Crippen MR) is 88.3 cm³/mol. The van der Waals surface area contributed by atoms with E-state index in [2.05, 4.69) is 10.1 Å². The highest BCUT2D eigenvalue weighted by Crippen LogP contribution is 2.38. The third-order valence-electron chi connectivity index (χ3n) is 5.21. The fraction of sp³-hybridized carbons (Fsp3) is 0.500. The number of aromatic nitrogens is 2. The molecule has 126 valence electrons. The zero-order chi connectivity index (χ0) is 16.6. The molecule has 1 unspecified atom stereocenters. The van der Waals surface area contributed by atoms with Gasteiger partial charge in [0.2, 0.25) is 5.89 Å². The molecule has 1 aliphatic carbocycles. The number of carbonyl (C=O) groups is 1. The number of piperidine rings is 1. The lowest BCUT2D eigenvalue weighted by atomic mass is 9.77. The molecule has 0 spiro atoms. The maximum Gasteiger partial charge on any atom is 0.253 e. The van der Waals surface area contributed by atoms with Gasteiger partial charge in [0.25, 0.3) is 5.91 Å². The van der Waals surface area contributed by atoms with Gasteiger partial charge in [0.05, 0.1) is 11.5 Å². The number of amides is 1. The van der Waals surface area contributed by atoms with Crippen molar-refractivity contribution in [3.05, 3.63) is 47.6 Å². The molecule has 24 heavy (non-hydrogen) atoms. The van der Waals surface area contributed by atoms with Crippen molar-refractivity contribution < 1.29 is 9.32 Å². The van der Waals surface area contributed by atoms with Crippen LogP contribution in [-0.2, 0) is 5.54 Å². The van der Waals surface area contributed by atoms with Crippen molar-refractivity contribution in [2.75, 3.05) is 13.1 Å². The van der Waals surface area contributed by atoms with Gasteiger partial charge in [0.15, 0.2) is 5.82 Å². The van der Waals surface area contributed by atoms with E-state index in [0.717, 1.165) is 44.2 Å². The van der Waals surface area contributed by atoms with Crippen molar-refractivity contribution >= 4 is 5.91 Å². The van der Waals surface area contributed by atoms with E-state index in [9.17, 15) is 4.79 Å². The largest absolute Gasteiger partial charge is 0.339 e. The fourth-order valence-electron chi connectivity index (χ4n) is 3.51. The van der Waals surface area contributed by atoms with E-state index in [1.54, 1.807) is 0 Å². The number of hydrogen-bond acceptors (Lipinski definition) is 5. The molecule has 1 atom stereocenters. The summed E-state index contributed by atoms with van der Waals surface area (Å²) in [5.41, 5.74) is 6.58. The maximum atomic E-state index is 12.6. The molecular formula is C18H22N4O2. The first-order valence-corrected chi connectivity index (χ1v) is 8.63. The summed E-state index contributed by atoms with van der Waals surface area (Å²) < 4.78 is 5.48. The average Bonchev–Trinajstić information content (AvgIpc) is 3.10. The van der Waals surface area contributed by atoms with E-state index in [4.69, 9.17) is 10.3 Å². The second-order valence-corrected chi connectivity index (χ2v) is 6.92. The van der Waals surface area contributed by atoms with Crippen LogP contribution < -0.4 is 5.73 Å². The van der Waals surface area contributed by atoms with E-state index in [1.165, 1.54) is 0 Å². The van der Waals surface area contributed by atoms with Crippen molar-refractivity contribution in [2.45, 2.75) is 43.6 Å². The van der Waals surface area contributed by atoms with Gasteiger partial charge in [-0.3, -0.25) is 4.79 Å². The summed E-state index contributed by atoms with van der Waals surface area (Å²) in [6.45, 7) is 1.39. The molecule has 6 heteroatoms. The fourth-order valence-corrected chi connectivity index (χ4v) is 3.51. The van der Waals surface area contributed by atoms with Crippen molar-refractivity contribution in [3.63, 3.8) is 0 Å². The van der Waals surface area contributed by atoms with Crippen molar-refractivity contribution in [1.29, 1.82) is 0 Å². The Morgan fingerprint density at radius 1 is 1.25 bits per heavy atom. The van der Waals surface area contributed by atoms with Crippen LogP contribution in [-0.4, -0.2) is 34.0 Å². The van der Waals surface area contributed by atoms with Crippen LogP contribution in [0.3, 0.4) is 0 Å². The summed E-state index contributed by atoms with van der Waals surface area (Å²) in [5, 5.41) is 4.10. The SMILES string of the molecule is NC1(c2noc(C3CCCN(C(=O)c4ccccc4)C3)n2)CCC1. The predicted octanol–water partition coefficient (Wildman–Crippen LogP) is 2.43. The van der Waals surface area contributed by atoms with Gasteiger partial charge in [-0.1, -0.05) is 23.4 Å². The van der Waals surface area contributed by atoms with Crippen LogP contribution in [0.25, 0.3) is 0 Å². The molecule has 0 radical (unpaired) electrons. The first-order valence-electron chi connectivity index (χ1n) is 8.63.